The highest BCUT2D eigenvalue weighted by Gasteiger charge is 2.47. The van der Waals surface area contributed by atoms with E-state index in [9.17, 15) is 39.5 Å². The summed E-state index contributed by atoms with van der Waals surface area (Å²) in [6, 6.07) is -3.03. The number of halogens is 9. The molecule has 0 saturated carbocycles. The van der Waals surface area contributed by atoms with Gasteiger partial charge in [0.1, 0.15) is 19.6 Å². The first-order valence-electron chi connectivity index (χ1n) is 4.96. The van der Waals surface area contributed by atoms with E-state index in [1.807, 2.05) is 0 Å². The molecule has 0 N–H and O–H groups in total. The minimum Gasteiger partial charge on any atom is -0.402 e. The summed E-state index contributed by atoms with van der Waals surface area (Å²) in [6.45, 7) is -3.56. The van der Waals surface area contributed by atoms with Crippen molar-refractivity contribution in [2.75, 3.05) is 20.3 Å². The van der Waals surface area contributed by atoms with Crippen LogP contribution in [0, 0.1) is 0 Å². The minimum atomic E-state index is -5.00. The second kappa shape index (κ2) is 7.20. The van der Waals surface area contributed by atoms with E-state index in [4.69, 9.17) is 0 Å². The lowest BCUT2D eigenvalue weighted by molar-refractivity contribution is -0.280. The van der Waals surface area contributed by atoms with E-state index in [-0.39, 0.29) is 0 Å². The average molecular weight is 336 g/mol. The third-order valence-electron chi connectivity index (χ3n) is 1.73. The molecule has 0 aliphatic carbocycles. The van der Waals surface area contributed by atoms with Crippen LogP contribution in [0.25, 0.3) is 0 Å². The Hall–Kier alpha value is -1.17. The smallest absolute Gasteiger partial charge is 0.402 e. The molecule has 0 atom stereocenters. The molecule has 0 bridgehead atoms. The predicted molar refractivity (Wildman–Crippen MR) is 48.7 cm³/mol. The Kier molecular flexibility index (Phi) is 6.80. The Morgan fingerprint density at radius 1 is 0.857 bits per heavy atom. The maximum atomic E-state index is 13.0. The zero-order chi connectivity index (χ0) is 16.9. The summed E-state index contributed by atoms with van der Waals surface area (Å²) >= 11 is 0. The fraction of sp³-hybridized carbons (Fsp3) is 0.778. The van der Waals surface area contributed by atoms with Crippen molar-refractivity contribution in [1.29, 1.82) is 0 Å². The SMILES string of the molecule is COC(F)(F)COCC(F)(F)CC(F)(F)OC(F)=C(F)F. The summed E-state index contributed by atoms with van der Waals surface area (Å²) in [5.41, 5.74) is 0. The van der Waals surface area contributed by atoms with Gasteiger partial charge in [-0.15, -0.1) is 0 Å². The van der Waals surface area contributed by atoms with Gasteiger partial charge in [0.05, 0.1) is 0 Å². The summed E-state index contributed by atoms with van der Waals surface area (Å²) in [5.74, 6) is -4.44. The number of rotatable bonds is 9. The van der Waals surface area contributed by atoms with Crippen LogP contribution >= 0.6 is 0 Å². The first kappa shape index (κ1) is 19.8. The maximum absolute atomic E-state index is 13.0. The van der Waals surface area contributed by atoms with Crippen LogP contribution in [-0.2, 0) is 14.2 Å². The van der Waals surface area contributed by atoms with Crippen molar-refractivity contribution in [2.45, 2.75) is 24.6 Å². The zero-order valence-corrected chi connectivity index (χ0v) is 10.2. The van der Waals surface area contributed by atoms with Crippen molar-refractivity contribution >= 4 is 0 Å². The molecule has 0 aromatic heterocycles. The van der Waals surface area contributed by atoms with Gasteiger partial charge in [-0.05, 0) is 0 Å². The lowest BCUT2D eigenvalue weighted by atomic mass is 10.2. The molecule has 0 amide bonds. The van der Waals surface area contributed by atoms with Gasteiger partial charge in [-0.3, -0.25) is 0 Å². The van der Waals surface area contributed by atoms with Gasteiger partial charge in [0.15, 0.2) is 0 Å². The van der Waals surface area contributed by atoms with Gasteiger partial charge in [-0.1, -0.05) is 0 Å². The molecule has 21 heavy (non-hydrogen) atoms. The number of alkyl halides is 6. The Morgan fingerprint density at radius 3 is 1.81 bits per heavy atom. The van der Waals surface area contributed by atoms with Crippen LogP contribution in [0.3, 0.4) is 0 Å². The van der Waals surface area contributed by atoms with Crippen molar-refractivity contribution in [2.24, 2.45) is 0 Å². The van der Waals surface area contributed by atoms with E-state index < -0.39 is 49.9 Å². The predicted octanol–water partition coefficient (Wildman–Crippen LogP) is 3.91. The van der Waals surface area contributed by atoms with E-state index in [1.54, 1.807) is 0 Å². The standard InChI is InChI=1S/C9H9F9O3/c1-19-9(17,18)4-20-3-7(13,14)2-8(15,16)21-6(12)5(10)11/h2-4H2,1H3. The molecule has 0 heterocycles. The molecule has 0 aliphatic heterocycles. The summed E-state index contributed by atoms with van der Waals surface area (Å²) in [7, 11) is 0.546. The molecule has 0 rings (SSSR count). The number of hydrogen-bond acceptors (Lipinski definition) is 3. The van der Waals surface area contributed by atoms with Crippen LogP contribution in [-0.4, -0.2) is 38.5 Å². The van der Waals surface area contributed by atoms with Crippen LogP contribution in [0.1, 0.15) is 6.42 Å². The molecule has 0 unspecified atom stereocenters. The van der Waals surface area contributed by atoms with Crippen LogP contribution in [0.2, 0.25) is 0 Å². The molecular weight excluding hydrogens is 327 g/mol. The fourth-order valence-corrected chi connectivity index (χ4v) is 0.936. The normalized spacial score (nSPS) is 13.2. The largest absolute Gasteiger partial charge is 0.405 e. The summed E-state index contributed by atoms with van der Waals surface area (Å²) in [5, 5.41) is 0. The Balaban J connectivity index is 4.48. The van der Waals surface area contributed by atoms with E-state index in [1.165, 1.54) is 0 Å². The molecule has 126 valence electrons. The van der Waals surface area contributed by atoms with Crippen LogP contribution in [0.5, 0.6) is 0 Å². The van der Waals surface area contributed by atoms with Crippen molar-refractivity contribution < 1.29 is 53.7 Å². The minimum absolute atomic E-state index is 0.546. The lowest BCUT2D eigenvalue weighted by Gasteiger charge is -2.23. The molecule has 3 nitrogen and oxygen atoms in total. The van der Waals surface area contributed by atoms with Gasteiger partial charge in [0, 0.05) is 7.11 Å². The molecule has 0 aromatic rings. The third-order valence-corrected chi connectivity index (χ3v) is 1.73. The second-order valence-corrected chi connectivity index (χ2v) is 3.64. The average Bonchev–Trinajstić information content (AvgIpc) is 2.25. The highest BCUT2D eigenvalue weighted by molar-refractivity contribution is 4.83. The number of ether oxygens (including phenoxy) is 3. The van der Waals surface area contributed by atoms with Gasteiger partial charge < -0.3 is 14.2 Å². The van der Waals surface area contributed by atoms with Gasteiger partial charge >= 0.3 is 24.3 Å². The Morgan fingerprint density at radius 2 is 1.38 bits per heavy atom. The molecule has 0 aromatic carbocycles. The van der Waals surface area contributed by atoms with Gasteiger partial charge in [0.25, 0.3) is 5.92 Å². The van der Waals surface area contributed by atoms with Gasteiger partial charge in [0.2, 0.25) is 0 Å². The zero-order valence-electron chi connectivity index (χ0n) is 10.2. The monoisotopic (exact) mass is 336 g/mol. The van der Waals surface area contributed by atoms with Gasteiger partial charge in [-0.25, -0.2) is 8.78 Å². The van der Waals surface area contributed by atoms with Crippen LogP contribution in [0.15, 0.2) is 12.1 Å². The first-order valence-corrected chi connectivity index (χ1v) is 4.96. The Labute approximate surface area is 112 Å². The van der Waals surface area contributed by atoms with Crippen molar-refractivity contribution in [3.63, 3.8) is 0 Å². The van der Waals surface area contributed by atoms with E-state index in [0.29, 0.717) is 7.11 Å². The Bertz CT molecular complexity index is 365. The highest BCUT2D eigenvalue weighted by atomic mass is 19.3. The molecule has 12 heteroatoms. The molecule has 0 radical (unpaired) electrons. The summed E-state index contributed by atoms with van der Waals surface area (Å²) < 4.78 is 121. The highest BCUT2D eigenvalue weighted by Crippen LogP contribution is 2.34. The number of hydrogen-bond donors (Lipinski definition) is 0. The quantitative estimate of drug-likeness (QED) is 0.472. The summed E-state index contributed by atoms with van der Waals surface area (Å²) in [4.78, 5) is 0. The maximum Gasteiger partial charge on any atom is 0.405 e. The molecule has 0 aliphatic rings. The van der Waals surface area contributed by atoms with Crippen LogP contribution < -0.4 is 0 Å². The molecular formula is C9H9F9O3. The third kappa shape index (κ3) is 8.65. The van der Waals surface area contributed by atoms with Crippen LogP contribution in [0.4, 0.5) is 39.5 Å². The topological polar surface area (TPSA) is 27.7 Å². The van der Waals surface area contributed by atoms with E-state index in [0.717, 1.165) is 0 Å². The second-order valence-electron chi connectivity index (χ2n) is 3.64. The molecule has 0 spiro atoms. The first-order chi connectivity index (χ1) is 9.30. The van der Waals surface area contributed by atoms with E-state index >= 15 is 0 Å². The molecule has 0 saturated heterocycles. The van der Waals surface area contributed by atoms with Crippen molar-refractivity contribution in [1.82, 2.24) is 0 Å². The molecule has 0 fully saturated rings. The van der Waals surface area contributed by atoms with Gasteiger partial charge in [-0.2, -0.15) is 30.7 Å². The van der Waals surface area contributed by atoms with Crippen molar-refractivity contribution in [3.8, 4) is 0 Å². The summed E-state index contributed by atoms with van der Waals surface area (Å²) in [6.07, 6.45) is -14.7. The van der Waals surface area contributed by atoms with Crippen molar-refractivity contribution in [3.05, 3.63) is 12.1 Å². The number of methoxy groups -OCH3 is 1. The van der Waals surface area contributed by atoms with E-state index in [2.05, 4.69) is 14.2 Å². The fourth-order valence-electron chi connectivity index (χ4n) is 0.936. The lowest BCUT2D eigenvalue weighted by Crippen LogP contribution is -2.36.